The fourth-order valence-electron chi connectivity index (χ4n) is 4.17. The average molecular weight is 444 g/mol. The molecular formula is C25H34FN3O3. The molecule has 0 saturated carbocycles. The molecule has 1 aromatic carbocycles. The smallest absolute Gasteiger partial charge is 0.277 e. The number of aromatic nitrogens is 1. The molecule has 1 aliphatic heterocycles. The molecule has 0 bridgehead atoms. The second-order valence-electron chi connectivity index (χ2n) is 9.84. The van der Waals surface area contributed by atoms with Crippen LogP contribution in [0.5, 0.6) is 0 Å². The summed E-state index contributed by atoms with van der Waals surface area (Å²) in [4.78, 5) is 27.2. The van der Waals surface area contributed by atoms with E-state index in [0.29, 0.717) is 31.1 Å². The van der Waals surface area contributed by atoms with Gasteiger partial charge in [-0.15, -0.1) is 0 Å². The van der Waals surface area contributed by atoms with E-state index in [1.165, 1.54) is 12.1 Å². The monoisotopic (exact) mass is 443 g/mol. The number of halogens is 1. The molecule has 1 aromatic heterocycles. The van der Waals surface area contributed by atoms with E-state index in [9.17, 15) is 14.0 Å². The summed E-state index contributed by atoms with van der Waals surface area (Å²) in [5.74, 6) is 1.04. The lowest BCUT2D eigenvalue weighted by Crippen LogP contribution is -2.60. The second kappa shape index (κ2) is 9.84. The van der Waals surface area contributed by atoms with Crippen molar-refractivity contribution in [3.63, 3.8) is 0 Å². The van der Waals surface area contributed by atoms with Gasteiger partial charge in [-0.05, 0) is 61.8 Å². The molecule has 2 unspecified atom stereocenters. The number of carbonyl (C=O) groups excluding carboxylic acids is 2. The van der Waals surface area contributed by atoms with Crippen molar-refractivity contribution >= 4 is 11.8 Å². The average Bonchev–Trinajstić information content (AvgIpc) is 3.13. The summed E-state index contributed by atoms with van der Waals surface area (Å²) < 4.78 is 19.0. The van der Waals surface area contributed by atoms with Crippen LogP contribution in [-0.2, 0) is 17.6 Å². The first-order valence-electron chi connectivity index (χ1n) is 11.5. The fraction of sp³-hybridized carbons (Fsp3) is 0.560. The van der Waals surface area contributed by atoms with E-state index in [1.54, 1.807) is 17.9 Å². The Balaban J connectivity index is 0.000000668. The van der Waals surface area contributed by atoms with Crippen LogP contribution in [0.25, 0.3) is 11.3 Å². The third-order valence-electron chi connectivity index (χ3n) is 5.57. The van der Waals surface area contributed by atoms with E-state index < -0.39 is 6.04 Å². The minimum atomic E-state index is -0.562. The molecule has 4 rings (SSSR count). The summed E-state index contributed by atoms with van der Waals surface area (Å²) >= 11 is 0. The van der Waals surface area contributed by atoms with Gasteiger partial charge in [0, 0.05) is 23.7 Å². The van der Waals surface area contributed by atoms with Gasteiger partial charge in [-0.25, -0.2) is 4.39 Å². The number of aryl methyl sites for hydroxylation is 1. The summed E-state index contributed by atoms with van der Waals surface area (Å²) in [6.07, 6.45) is 1.98. The number of hydrogen-bond acceptors (Lipinski definition) is 4. The highest BCUT2D eigenvalue weighted by molar-refractivity contribution is 5.99. The van der Waals surface area contributed by atoms with Gasteiger partial charge in [-0.2, -0.15) is 0 Å². The van der Waals surface area contributed by atoms with Crippen molar-refractivity contribution < 1.29 is 18.5 Å². The predicted octanol–water partition coefficient (Wildman–Crippen LogP) is 4.62. The molecule has 32 heavy (non-hydrogen) atoms. The van der Waals surface area contributed by atoms with Crippen molar-refractivity contribution in [3.05, 3.63) is 40.8 Å². The van der Waals surface area contributed by atoms with Crippen molar-refractivity contribution in [1.82, 2.24) is 15.4 Å². The number of benzene rings is 1. The molecule has 0 spiro atoms. The zero-order valence-electron chi connectivity index (χ0n) is 19.9. The van der Waals surface area contributed by atoms with Gasteiger partial charge in [0.15, 0.2) is 11.5 Å². The number of rotatable bonds is 3. The maximum absolute atomic E-state index is 13.5. The number of nitrogens with one attached hydrogen (secondary N) is 1. The Kier molecular flexibility index (Phi) is 7.36. The number of hydrogen-bond donors (Lipinski definition) is 1. The number of carbonyl (C=O) groups is 2. The van der Waals surface area contributed by atoms with E-state index in [0.717, 1.165) is 29.0 Å². The van der Waals surface area contributed by atoms with Crippen LogP contribution in [0.4, 0.5) is 4.39 Å². The standard InChI is InChI=1S/C21H24FN3O3.C4H10/c1-11(2)8-15-10-25(12(3)20(26)23-15)21(27)18-17-6-4-13-9-14(22)5-7-16(13)19(17)28-24-18;1-4(2)3/h5,7,9,11-12,15H,4,6,8,10H2,1-3H3,(H,23,26);4H,1-3H3. The summed E-state index contributed by atoms with van der Waals surface area (Å²) in [6.45, 7) is 12.9. The highest BCUT2D eigenvalue weighted by Crippen LogP contribution is 2.36. The largest absolute Gasteiger partial charge is 0.355 e. The van der Waals surface area contributed by atoms with E-state index in [4.69, 9.17) is 4.52 Å². The third-order valence-corrected chi connectivity index (χ3v) is 5.57. The van der Waals surface area contributed by atoms with E-state index >= 15 is 0 Å². The van der Waals surface area contributed by atoms with Gasteiger partial charge in [0.05, 0.1) is 0 Å². The van der Waals surface area contributed by atoms with Crippen LogP contribution in [0.2, 0.25) is 0 Å². The van der Waals surface area contributed by atoms with Crippen LogP contribution in [-0.4, -0.2) is 40.5 Å². The zero-order valence-corrected chi connectivity index (χ0v) is 19.9. The van der Waals surface area contributed by atoms with Crippen LogP contribution in [0.15, 0.2) is 22.7 Å². The van der Waals surface area contributed by atoms with Crippen LogP contribution in [0.1, 0.15) is 69.6 Å². The SMILES string of the molecule is CC(C)C.CC(C)CC1CN(C(=O)c2noc3c2CCc2cc(F)ccc2-3)C(C)C(=O)N1. The molecule has 6 nitrogen and oxygen atoms in total. The Bertz CT molecular complexity index is 980. The van der Waals surface area contributed by atoms with Gasteiger partial charge in [0.2, 0.25) is 5.91 Å². The van der Waals surface area contributed by atoms with Gasteiger partial charge < -0.3 is 14.7 Å². The van der Waals surface area contributed by atoms with Gasteiger partial charge in [0.1, 0.15) is 11.9 Å². The Hall–Kier alpha value is -2.70. The molecule has 174 valence electrons. The van der Waals surface area contributed by atoms with E-state index in [-0.39, 0.29) is 29.4 Å². The molecule has 2 heterocycles. The van der Waals surface area contributed by atoms with Gasteiger partial charge in [-0.1, -0.05) is 39.8 Å². The fourth-order valence-corrected chi connectivity index (χ4v) is 4.17. The minimum absolute atomic E-state index is 0.0703. The summed E-state index contributed by atoms with van der Waals surface area (Å²) in [5.41, 5.74) is 2.62. The number of amides is 2. The Morgan fingerprint density at radius 1 is 1.25 bits per heavy atom. The highest BCUT2D eigenvalue weighted by Gasteiger charge is 2.38. The molecule has 1 aliphatic carbocycles. The molecule has 7 heteroatoms. The van der Waals surface area contributed by atoms with Crippen molar-refractivity contribution in [2.24, 2.45) is 11.8 Å². The van der Waals surface area contributed by atoms with Crippen LogP contribution in [0, 0.1) is 17.7 Å². The van der Waals surface area contributed by atoms with Crippen molar-refractivity contribution in [2.45, 2.75) is 72.9 Å². The highest BCUT2D eigenvalue weighted by atomic mass is 19.1. The quantitative estimate of drug-likeness (QED) is 0.751. The Labute approximate surface area is 189 Å². The lowest BCUT2D eigenvalue weighted by molar-refractivity contribution is -0.128. The molecule has 2 amide bonds. The van der Waals surface area contributed by atoms with Gasteiger partial charge >= 0.3 is 0 Å². The van der Waals surface area contributed by atoms with Crippen LogP contribution in [0.3, 0.4) is 0 Å². The van der Waals surface area contributed by atoms with Crippen LogP contribution < -0.4 is 5.32 Å². The van der Waals surface area contributed by atoms with Crippen LogP contribution >= 0.6 is 0 Å². The Morgan fingerprint density at radius 2 is 1.94 bits per heavy atom. The Morgan fingerprint density at radius 3 is 2.59 bits per heavy atom. The van der Waals surface area contributed by atoms with Crippen molar-refractivity contribution in [3.8, 4) is 11.3 Å². The van der Waals surface area contributed by atoms with Crippen molar-refractivity contribution in [1.29, 1.82) is 0 Å². The first-order chi connectivity index (χ1) is 15.1. The van der Waals surface area contributed by atoms with E-state index in [1.807, 2.05) is 0 Å². The molecule has 0 radical (unpaired) electrons. The molecule has 2 aliphatic rings. The zero-order chi connectivity index (χ0) is 23.6. The van der Waals surface area contributed by atoms with Gasteiger partial charge in [-0.3, -0.25) is 9.59 Å². The van der Waals surface area contributed by atoms with Crippen molar-refractivity contribution in [2.75, 3.05) is 6.54 Å². The van der Waals surface area contributed by atoms with Gasteiger partial charge in [0.25, 0.3) is 5.91 Å². The lowest BCUT2D eigenvalue weighted by Gasteiger charge is -2.38. The maximum atomic E-state index is 13.5. The predicted molar refractivity (Wildman–Crippen MR) is 122 cm³/mol. The number of nitrogens with zero attached hydrogens (tertiary/aromatic N) is 2. The third kappa shape index (κ3) is 5.19. The second-order valence-corrected chi connectivity index (χ2v) is 9.84. The summed E-state index contributed by atoms with van der Waals surface area (Å²) in [5, 5.41) is 7.04. The molecule has 2 atom stereocenters. The molecule has 2 aromatic rings. The summed E-state index contributed by atoms with van der Waals surface area (Å²) in [7, 11) is 0. The lowest BCUT2D eigenvalue weighted by atomic mass is 9.89. The number of fused-ring (bicyclic) bond motifs is 3. The first-order valence-corrected chi connectivity index (χ1v) is 11.5. The first kappa shape index (κ1) is 24.0. The maximum Gasteiger partial charge on any atom is 0.277 e. The topological polar surface area (TPSA) is 75.4 Å². The normalized spacial score (nSPS) is 19.8. The van der Waals surface area contributed by atoms with E-state index in [2.05, 4.69) is 45.1 Å². The minimum Gasteiger partial charge on any atom is -0.355 e. The molecule has 1 fully saturated rings. The molecule has 1 saturated heterocycles. The number of piperazine rings is 1. The molecule has 1 N–H and O–H groups in total. The molecular weight excluding hydrogens is 409 g/mol. The summed E-state index contributed by atoms with van der Waals surface area (Å²) in [6, 6.07) is 3.91.